The van der Waals surface area contributed by atoms with Crippen LogP contribution in [0.4, 0.5) is 5.69 Å². The lowest BCUT2D eigenvalue weighted by molar-refractivity contribution is -0.112. The van der Waals surface area contributed by atoms with Gasteiger partial charge in [0.2, 0.25) is 0 Å². The topological polar surface area (TPSA) is 96.3 Å². The molecule has 0 atom stereocenters. The highest BCUT2D eigenvalue weighted by molar-refractivity contribution is 7.87. The molecule has 0 saturated heterocycles. The number of hydrogen-bond donors (Lipinski definition) is 1. The van der Waals surface area contributed by atoms with E-state index in [-0.39, 0.29) is 26.3 Å². The number of carbonyl (C=O) groups excluding carboxylic acids is 1. The average Bonchev–Trinajstić information content (AvgIpc) is 2.75. The third kappa shape index (κ3) is 5.81. The SMILES string of the molecule is N#C/C(=C\c1cc(Cl)c(OS(=O)(=O)c2ccccc2)c(Cl)c1)C(=O)Nc1cccc(Cl)c1. The average molecular weight is 508 g/mol. The molecule has 0 bridgehead atoms. The van der Waals surface area contributed by atoms with E-state index < -0.39 is 16.0 Å². The molecule has 0 fully saturated rings. The highest BCUT2D eigenvalue weighted by atomic mass is 35.5. The van der Waals surface area contributed by atoms with Gasteiger partial charge >= 0.3 is 10.1 Å². The van der Waals surface area contributed by atoms with Crippen LogP contribution in [0.2, 0.25) is 15.1 Å². The maximum Gasteiger partial charge on any atom is 0.339 e. The molecule has 0 spiro atoms. The van der Waals surface area contributed by atoms with Gasteiger partial charge in [0.15, 0.2) is 5.75 Å². The van der Waals surface area contributed by atoms with E-state index >= 15 is 0 Å². The van der Waals surface area contributed by atoms with Gasteiger partial charge in [-0.1, -0.05) is 59.1 Å². The Bertz CT molecular complexity index is 1330. The summed E-state index contributed by atoms with van der Waals surface area (Å²) in [5, 5.41) is 12.1. The van der Waals surface area contributed by atoms with Crippen molar-refractivity contribution < 1.29 is 17.4 Å². The van der Waals surface area contributed by atoms with Crippen molar-refractivity contribution in [1.29, 1.82) is 5.26 Å². The van der Waals surface area contributed by atoms with E-state index in [0.717, 1.165) is 0 Å². The summed E-state index contributed by atoms with van der Waals surface area (Å²) in [5.41, 5.74) is 0.472. The second-order valence-electron chi connectivity index (χ2n) is 6.30. The molecule has 1 N–H and O–H groups in total. The van der Waals surface area contributed by atoms with Crippen molar-refractivity contribution in [3.8, 4) is 11.8 Å². The molecule has 3 aromatic carbocycles. The van der Waals surface area contributed by atoms with Gasteiger partial charge in [-0.25, -0.2) is 0 Å². The Labute approximate surface area is 199 Å². The summed E-state index contributed by atoms with van der Waals surface area (Å²) in [6.45, 7) is 0. The maximum absolute atomic E-state index is 12.4. The minimum Gasteiger partial charge on any atom is -0.376 e. The summed E-state index contributed by atoms with van der Waals surface area (Å²) in [7, 11) is -4.16. The summed E-state index contributed by atoms with van der Waals surface area (Å²) in [4.78, 5) is 12.4. The summed E-state index contributed by atoms with van der Waals surface area (Å²) in [6.07, 6.45) is 1.26. The van der Waals surface area contributed by atoms with Crippen LogP contribution in [0.5, 0.6) is 5.75 Å². The first-order valence-electron chi connectivity index (χ1n) is 8.87. The molecule has 3 rings (SSSR count). The summed E-state index contributed by atoms with van der Waals surface area (Å²) < 4.78 is 30.0. The minimum absolute atomic E-state index is 0.0689. The minimum atomic E-state index is -4.16. The van der Waals surface area contributed by atoms with E-state index in [9.17, 15) is 18.5 Å². The fraction of sp³-hybridized carbons (Fsp3) is 0. The van der Waals surface area contributed by atoms with Gasteiger partial charge < -0.3 is 9.50 Å². The lowest BCUT2D eigenvalue weighted by Crippen LogP contribution is -2.13. The number of hydrogen-bond acceptors (Lipinski definition) is 5. The maximum atomic E-state index is 12.4. The molecule has 0 heterocycles. The first-order valence-corrected chi connectivity index (χ1v) is 11.4. The van der Waals surface area contributed by atoms with Crippen molar-refractivity contribution in [3.63, 3.8) is 0 Å². The fourth-order valence-electron chi connectivity index (χ4n) is 2.57. The molecule has 1 amide bonds. The smallest absolute Gasteiger partial charge is 0.339 e. The number of nitriles is 1. The van der Waals surface area contributed by atoms with Gasteiger partial charge in [0.25, 0.3) is 5.91 Å². The zero-order valence-electron chi connectivity index (χ0n) is 16.1. The first-order chi connectivity index (χ1) is 15.2. The predicted octanol–water partition coefficient (Wildman–Crippen LogP) is 5.96. The molecule has 3 aromatic rings. The van der Waals surface area contributed by atoms with Crippen molar-refractivity contribution in [2.45, 2.75) is 4.90 Å². The number of benzene rings is 3. The Morgan fingerprint density at radius 2 is 1.62 bits per heavy atom. The van der Waals surface area contributed by atoms with E-state index in [1.54, 1.807) is 42.5 Å². The molecule has 162 valence electrons. The first kappa shape index (κ1) is 23.6. The Hall–Kier alpha value is -3.02. The van der Waals surface area contributed by atoms with Gasteiger partial charge in [0.1, 0.15) is 16.5 Å². The second-order valence-corrected chi connectivity index (χ2v) is 9.10. The van der Waals surface area contributed by atoms with Crippen LogP contribution >= 0.6 is 34.8 Å². The number of nitrogens with zero attached hydrogens (tertiary/aromatic N) is 1. The number of anilines is 1. The van der Waals surface area contributed by atoms with E-state index in [0.29, 0.717) is 16.3 Å². The third-order valence-corrected chi connectivity index (χ3v) is 6.04. The molecule has 0 radical (unpaired) electrons. The van der Waals surface area contributed by atoms with Crippen molar-refractivity contribution in [3.05, 3.63) is 92.9 Å². The van der Waals surface area contributed by atoms with Gasteiger partial charge in [-0.05, 0) is 54.1 Å². The molecule has 0 aromatic heterocycles. The zero-order valence-corrected chi connectivity index (χ0v) is 19.1. The number of rotatable bonds is 6. The highest BCUT2D eigenvalue weighted by Crippen LogP contribution is 2.36. The van der Waals surface area contributed by atoms with E-state index in [1.807, 2.05) is 0 Å². The normalized spacial score (nSPS) is 11.5. The molecule has 0 unspecified atom stereocenters. The van der Waals surface area contributed by atoms with Crippen LogP contribution in [0, 0.1) is 11.3 Å². The monoisotopic (exact) mass is 506 g/mol. The molecular formula is C22H13Cl3N2O4S. The van der Waals surface area contributed by atoms with E-state index in [4.69, 9.17) is 39.0 Å². The Morgan fingerprint density at radius 3 is 2.22 bits per heavy atom. The lowest BCUT2D eigenvalue weighted by atomic mass is 10.1. The van der Waals surface area contributed by atoms with Gasteiger partial charge in [-0.3, -0.25) is 4.79 Å². The standard InChI is InChI=1S/C22H13Cl3N2O4S/c23-16-5-4-6-17(12-16)27-22(28)15(13-26)9-14-10-19(24)21(20(25)11-14)31-32(29,30)18-7-2-1-3-8-18/h1-12H,(H,27,28)/b15-9+. The molecule has 6 nitrogen and oxygen atoms in total. The van der Waals surface area contributed by atoms with Crippen LogP contribution < -0.4 is 9.50 Å². The van der Waals surface area contributed by atoms with E-state index in [1.165, 1.54) is 36.4 Å². The van der Waals surface area contributed by atoms with Crippen molar-refractivity contribution >= 4 is 62.6 Å². The summed E-state index contributed by atoms with van der Waals surface area (Å²) >= 11 is 18.3. The number of halogens is 3. The number of nitrogens with one attached hydrogen (secondary N) is 1. The van der Waals surface area contributed by atoms with Crippen LogP contribution in [-0.2, 0) is 14.9 Å². The van der Waals surface area contributed by atoms with Crippen molar-refractivity contribution in [1.82, 2.24) is 0 Å². The molecule has 32 heavy (non-hydrogen) atoms. The Balaban J connectivity index is 1.87. The van der Waals surface area contributed by atoms with Gasteiger partial charge in [-0.15, -0.1) is 0 Å². The highest BCUT2D eigenvalue weighted by Gasteiger charge is 2.21. The summed E-state index contributed by atoms with van der Waals surface area (Å²) in [5.74, 6) is -0.940. The molecular weight excluding hydrogens is 495 g/mol. The van der Waals surface area contributed by atoms with E-state index in [2.05, 4.69) is 5.32 Å². The van der Waals surface area contributed by atoms with Gasteiger partial charge in [0.05, 0.1) is 10.0 Å². The van der Waals surface area contributed by atoms with Crippen LogP contribution in [-0.4, -0.2) is 14.3 Å². The fourth-order valence-corrected chi connectivity index (χ4v) is 4.42. The second kappa shape index (κ2) is 10.1. The van der Waals surface area contributed by atoms with Gasteiger partial charge in [0, 0.05) is 10.7 Å². The number of carbonyl (C=O) groups is 1. The van der Waals surface area contributed by atoms with Crippen molar-refractivity contribution in [2.75, 3.05) is 5.32 Å². The quantitative estimate of drug-likeness (QED) is 0.252. The third-order valence-electron chi connectivity index (χ3n) is 4.00. The van der Waals surface area contributed by atoms with Gasteiger partial charge in [-0.2, -0.15) is 13.7 Å². The van der Waals surface area contributed by atoms with Crippen LogP contribution in [0.1, 0.15) is 5.56 Å². The molecule has 0 aliphatic heterocycles. The van der Waals surface area contributed by atoms with Crippen LogP contribution in [0.25, 0.3) is 6.08 Å². The Morgan fingerprint density at radius 1 is 0.969 bits per heavy atom. The molecule has 0 aliphatic carbocycles. The lowest BCUT2D eigenvalue weighted by Gasteiger charge is -2.11. The largest absolute Gasteiger partial charge is 0.376 e. The summed E-state index contributed by atoms with van der Waals surface area (Å²) in [6, 6.07) is 18.4. The van der Waals surface area contributed by atoms with Crippen LogP contribution in [0.15, 0.2) is 77.2 Å². The van der Waals surface area contributed by atoms with Crippen LogP contribution in [0.3, 0.4) is 0 Å². The molecule has 0 aliphatic rings. The molecule has 10 heteroatoms. The number of amides is 1. The Kier molecular flexibility index (Phi) is 7.44. The zero-order chi connectivity index (χ0) is 23.3. The predicted molar refractivity (Wildman–Crippen MR) is 124 cm³/mol. The van der Waals surface area contributed by atoms with Crippen molar-refractivity contribution in [2.24, 2.45) is 0 Å². The molecule has 0 saturated carbocycles.